The highest BCUT2D eigenvalue weighted by Crippen LogP contribution is 2.32. The van der Waals surface area contributed by atoms with Gasteiger partial charge in [0.15, 0.2) is 5.16 Å². The van der Waals surface area contributed by atoms with Crippen molar-refractivity contribution in [3.8, 4) is 5.88 Å². The van der Waals surface area contributed by atoms with Gasteiger partial charge in [-0.05, 0) is 25.8 Å². The molecule has 2 aliphatic rings. The Morgan fingerprint density at radius 1 is 1.40 bits per heavy atom. The van der Waals surface area contributed by atoms with Gasteiger partial charge in [0.1, 0.15) is 0 Å². The van der Waals surface area contributed by atoms with E-state index in [4.69, 9.17) is 0 Å². The number of hydrogen-bond acceptors (Lipinski definition) is 5. The summed E-state index contributed by atoms with van der Waals surface area (Å²) >= 11 is 4.08. The van der Waals surface area contributed by atoms with Crippen LogP contribution in [0.5, 0.6) is 5.88 Å². The number of thiol groups is 1. The normalized spacial score (nSPS) is 25.0. The molecule has 2 aliphatic heterocycles. The standard InChI is InChI=1S/C10H13N3OS/c14-9-7-4-6-2-1-3-13(6)5-8(7)11-10(15)12-9/h6H,1-5H2,(H2,11,12,14,15). The minimum absolute atomic E-state index is 0.122. The van der Waals surface area contributed by atoms with Crippen LogP contribution in [0.1, 0.15) is 24.1 Å². The second-order valence-corrected chi connectivity index (χ2v) is 4.64. The second kappa shape index (κ2) is 3.35. The molecule has 0 aromatic carbocycles. The van der Waals surface area contributed by atoms with Gasteiger partial charge in [-0.3, -0.25) is 4.90 Å². The summed E-state index contributed by atoms with van der Waals surface area (Å²) in [6.07, 6.45) is 3.36. The molecule has 15 heavy (non-hydrogen) atoms. The molecule has 0 bridgehead atoms. The molecule has 1 atom stereocenters. The van der Waals surface area contributed by atoms with Crippen LogP contribution in [0.25, 0.3) is 0 Å². The largest absolute Gasteiger partial charge is 0.493 e. The maximum Gasteiger partial charge on any atom is 0.218 e. The highest BCUT2D eigenvalue weighted by Gasteiger charge is 2.32. The SMILES string of the molecule is Oc1nc(S)nc2c1CC1CCCN1C2. The van der Waals surface area contributed by atoms with Crippen molar-refractivity contribution in [3.63, 3.8) is 0 Å². The van der Waals surface area contributed by atoms with Crippen LogP contribution < -0.4 is 0 Å². The van der Waals surface area contributed by atoms with Crippen LogP contribution in [0.3, 0.4) is 0 Å². The molecule has 0 aliphatic carbocycles. The Morgan fingerprint density at radius 3 is 3.13 bits per heavy atom. The summed E-state index contributed by atoms with van der Waals surface area (Å²) < 4.78 is 0. The summed E-state index contributed by atoms with van der Waals surface area (Å²) in [5.41, 5.74) is 1.88. The minimum atomic E-state index is 0.122. The molecule has 0 amide bonds. The summed E-state index contributed by atoms with van der Waals surface area (Å²) in [5.74, 6) is 0.122. The van der Waals surface area contributed by atoms with Crippen molar-refractivity contribution in [1.29, 1.82) is 0 Å². The number of fused-ring (bicyclic) bond motifs is 2. The van der Waals surface area contributed by atoms with Crippen LogP contribution in [0.2, 0.25) is 0 Å². The average molecular weight is 223 g/mol. The minimum Gasteiger partial charge on any atom is -0.493 e. The molecule has 3 rings (SSSR count). The van der Waals surface area contributed by atoms with Gasteiger partial charge in [-0.1, -0.05) is 0 Å². The molecule has 1 aromatic rings. The summed E-state index contributed by atoms with van der Waals surface area (Å²) in [4.78, 5) is 10.6. The summed E-state index contributed by atoms with van der Waals surface area (Å²) in [6, 6.07) is 0.581. The first-order valence-electron chi connectivity index (χ1n) is 5.26. The van der Waals surface area contributed by atoms with Gasteiger partial charge in [0.25, 0.3) is 0 Å². The molecule has 1 unspecified atom stereocenters. The van der Waals surface area contributed by atoms with E-state index < -0.39 is 0 Å². The van der Waals surface area contributed by atoms with E-state index >= 15 is 0 Å². The zero-order valence-electron chi connectivity index (χ0n) is 8.35. The molecule has 5 heteroatoms. The van der Waals surface area contributed by atoms with Gasteiger partial charge in [0.05, 0.1) is 5.69 Å². The third-order valence-corrected chi connectivity index (χ3v) is 3.55. The van der Waals surface area contributed by atoms with Crippen molar-refractivity contribution in [2.45, 2.75) is 37.0 Å². The van der Waals surface area contributed by atoms with E-state index in [0.29, 0.717) is 11.2 Å². The fourth-order valence-electron chi connectivity index (χ4n) is 2.61. The van der Waals surface area contributed by atoms with Gasteiger partial charge in [0.2, 0.25) is 5.88 Å². The first-order chi connectivity index (χ1) is 7.24. The van der Waals surface area contributed by atoms with E-state index in [2.05, 4.69) is 27.5 Å². The second-order valence-electron chi connectivity index (χ2n) is 4.24. The number of nitrogens with zero attached hydrogens (tertiary/aromatic N) is 3. The van der Waals surface area contributed by atoms with Crippen molar-refractivity contribution >= 4 is 12.6 Å². The molecule has 0 saturated carbocycles. The van der Waals surface area contributed by atoms with Crippen LogP contribution in [-0.4, -0.2) is 32.6 Å². The average Bonchev–Trinajstić information content (AvgIpc) is 2.61. The van der Waals surface area contributed by atoms with E-state index in [0.717, 1.165) is 30.8 Å². The Morgan fingerprint density at radius 2 is 2.27 bits per heavy atom. The molecule has 0 radical (unpaired) electrons. The monoisotopic (exact) mass is 223 g/mol. The fraction of sp³-hybridized carbons (Fsp3) is 0.600. The smallest absolute Gasteiger partial charge is 0.218 e. The van der Waals surface area contributed by atoms with Crippen LogP contribution in [0.15, 0.2) is 5.16 Å². The highest BCUT2D eigenvalue weighted by molar-refractivity contribution is 7.80. The number of hydrogen-bond donors (Lipinski definition) is 2. The molecular formula is C10H13N3OS. The van der Waals surface area contributed by atoms with Gasteiger partial charge < -0.3 is 5.11 Å². The maximum absolute atomic E-state index is 9.74. The third-order valence-electron chi connectivity index (χ3n) is 3.35. The van der Waals surface area contributed by atoms with Gasteiger partial charge in [-0.15, -0.1) is 12.6 Å². The van der Waals surface area contributed by atoms with Crippen LogP contribution in [-0.2, 0) is 13.0 Å². The number of aromatic nitrogens is 2. The Balaban J connectivity index is 2.03. The van der Waals surface area contributed by atoms with Crippen molar-refractivity contribution in [3.05, 3.63) is 11.3 Å². The van der Waals surface area contributed by atoms with Crippen molar-refractivity contribution in [2.24, 2.45) is 0 Å². The van der Waals surface area contributed by atoms with E-state index in [9.17, 15) is 5.11 Å². The molecule has 1 N–H and O–H groups in total. The topological polar surface area (TPSA) is 49.3 Å². The molecule has 0 spiro atoms. The maximum atomic E-state index is 9.74. The van der Waals surface area contributed by atoms with E-state index in [1.807, 2.05) is 0 Å². The van der Waals surface area contributed by atoms with E-state index in [-0.39, 0.29) is 5.88 Å². The first kappa shape index (κ1) is 9.42. The van der Waals surface area contributed by atoms with Crippen LogP contribution in [0, 0.1) is 0 Å². The fourth-order valence-corrected chi connectivity index (χ4v) is 2.82. The molecule has 80 valence electrons. The van der Waals surface area contributed by atoms with Gasteiger partial charge in [-0.2, -0.15) is 4.98 Å². The van der Waals surface area contributed by atoms with E-state index in [1.165, 1.54) is 12.8 Å². The lowest BCUT2D eigenvalue weighted by Crippen LogP contribution is -2.36. The Hall–Kier alpha value is -0.810. The lowest BCUT2D eigenvalue weighted by Gasteiger charge is -2.30. The van der Waals surface area contributed by atoms with Gasteiger partial charge in [0, 0.05) is 18.2 Å². The first-order valence-corrected chi connectivity index (χ1v) is 5.70. The lowest BCUT2D eigenvalue weighted by molar-refractivity contribution is 0.218. The Labute approximate surface area is 93.8 Å². The zero-order valence-corrected chi connectivity index (χ0v) is 9.24. The molecular weight excluding hydrogens is 210 g/mol. The Kier molecular flexibility index (Phi) is 2.10. The van der Waals surface area contributed by atoms with Crippen molar-refractivity contribution < 1.29 is 5.11 Å². The van der Waals surface area contributed by atoms with Crippen molar-refractivity contribution in [2.75, 3.05) is 6.54 Å². The Bertz CT molecular complexity index is 410. The van der Waals surface area contributed by atoms with Crippen LogP contribution >= 0.6 is 12.6 Å². The van der Waals surface area contributed by atoms with Crippen LogP contribution in [0.4, 0.5) is 0 Å². The predicted octanol–water partition coefficient (Wildman–Crippen LogP) is 0.991. The molecule has 3 heterocycles. The van der Waals surface area contributed by atoms with E-state index in [1.54, 1.807) is 0 Å². The molecule has 1 saturated heterocycles. The summed E-state index contributed by atoms with van der Waals surface area (Å²) in [7, 11) is 0. The lowest BCUT2D eigenvalue weighted by atomic mass is 9.99. The van der Waals surface area contributed by atoms with Crippen molar-refractivity contribution in [1.82, 2.24) is 14.9 Å². The number of aromatic hydroxyl groups is 1. The predicted molar refractivity (Wildman–Crippen MR) is 58.1 cm³/mol. The third kappa shape index (κ3) is 1.50. The summed E-state index contributed by atoms with van der Waals surface area (Å²) in [6.45, 7) is 1.99. The molecule has 4 nitrogen and oxygen atoms in total. The number of rotatable bonds is 0. The van der Waals surface area contributed by atoms with Gasteiger partial charge >= 0.3 is 0 Å². The molecule has 1 fully saturated rings. The highest BCUT2D eigenvalue weighted by atomic mass is 32.1. The molecule has 1 aromatic heterocycles. The zero-order chi connectivity index (χ0) is 10.4. The van der Waals surface area contributed by atoms with Gasteiger partial charge in [-0.25, -0.2) is 4.98 Å². The summed E-state index contributed by atoms with van der Waals surface area (Å²) in [5, 5.41) is 10.1. The quantitative estimate of drug-likeness (QED) is 0.509.